The van der Waals surface area contributed by atoms with Crippen molar-refractivity contribution in [2.75, 3.05) is 0 Å². The van der Waals surface area contributed by atoms with Crippen LogP contribution < -0.4 is 0 Å². The summed E-state index contributed by atoms with van der Waals surface area (Å²) in [4.78, 5) is 23.5. The van der Waals surface area contributed by atoms with Crippen molar-refractivity contribution in [1.82, 2.24) is 0 Å². The molecule has 3 nitrogen and oxygen atoms in total. The molecule has 2 aromatic rings. The predicted octanol–water partition coefficient (Wildman–Crippen LogP) is 2.85. The molecule has 0 unspecified atom stereocenters. The molecule has 0 N–H and O–H groups in total. The van der Waals surface area contributed by atoms with E-state index in [1.54, 1.807) is 0 Å². The number of hydrogen-bond acceptors (Lipinski definition) is 3. The minimum atomic E-state index is -0.780. The number of ketones is 1. The molecule has 2 aromatic carbocycles. The summed E-state index contributed by atoms with van der Waals surface area (Å²) in [6, 6.07) is 16.8. The molecule has 0 saturated heterocycles. The monoisotopic (exact) mass is 268 g/mol. The van der Waals surface area contributed by atoms with Crippen molar-refractivity contribution in [3.05, 3.63) is 71.3 Å². The molecule has 102 valence electrons. The standard InChI is InChI=1S/C17H16O3/c1-13-7-5-6-10-15(13)11-16(18)17(19)20-12-14-8-3-2-4-9-14/h2-10H,11-12H2,1H3. The number of Topliss-reactive ketones (excluding diaryl/α,β-unsaturated/α-hetero) is 1. The Bertz CT molecular complexity index is 603. The quantitative estimate of drug-likeness (QED) is 0.618. The van der Waals surface area contributed by atoms with Gasteiger partial charge in [-0.2, -0.15) is 0 Å². The van der Waals surface area contributed by atoms with Crippen LogP contribution >= 0.6 is 0 Å². The van der Waals surface area contributed by atoms with E-state index in [2.05, 4.69) is 0 Å². The first-order valence-electron chi connectivity index (χ1n) is 6.45. The maximum Gasteiger partial charge on any atom is 0.375 e. The highest BCUT2D eigenvalue weighted by molar-refractivity contribution is 6.34. The summed E-state index contributed by atoms with van der Waals surface area (Å²) in [5.41, 5.74) is 2.72. The molecule has 0 aromatic heterocycles. The number of rotatable bonds is 5. The molecule has 0 amide bonds. The molecule has 0 atom stereocenters. The molecule has 0 aliphatic heterocycles. The van der Waals surface area contributed by atoms with Crippen molar-refractivity contribution in [3.63, 3.8) is 0 Å². The summed E-state index contributed by atoms with van der Waals surface area (Å²) >= 11 is 0. The molecule has 0 radical (unpaired) electrons. The van der Waals surface area contributed by atoms with Gasteiger partial charge in [-0.25, -0.2) is 4.79 Å². The van der Waals surface area contributed by atoms with Crippen molar-refractivity contribution in [1.29, 1.82) is 0 Å². The van der Waals surface area contributed by atoms with Crippen LogP contribution in [-0.2, 0) is 27.4 Å². The van der Waals surface area contributed by atoms with Gasteiger partial charge in [-0.1, -0.05) is 54.6 Å². The van der Waals surface area contributed by atoms with Gasteiger partial charge in [-0.05, 0) is 23.6 Å². The molecule has 0 fully saturated rings. The van der Waals surface area contributed by atoms with Gasteiger partial charge in [0.1, 0.15) is 6.61 Å². The van der Waals surface area contributed by atoms with Crippen molar-refractivity contribution in [3.8, 4) is 0 Å². The summed E-state index contributed by atoms with van der Waals surface area (Å²) in [6.07, 6.45) is 0.0836. The molecule has 2 rings (SSSR count). The molecule has 0 spiro atoms. The minimum absolute atomic E-state index is 0.0836. The molecular weight excluding hydrogens is 252 g/mol. The van der Waals surface area contributed by atoms with Crippen molar-refractivity contribution in [2.45, 2.75) is 20.0 Å². The Kier molecular flexibility index (Phi) is 4.66. The van der Waals surface area contributed by atoms with Crippen LogP contribution in [0.4, 0.5) is 0 Å². The fourth-order valence-corrected chi connectivity index (χ4v) is 1.86. The van der Waals surface area contributed by atoms with E-state index in [0.717, 1.165) is 16.7 Å². The van der Waals surface area contributed by atoms with Crippen LogP contribution in [0.2, 0.25) is 0 Å². The lowest BCUT2D eigenvalue weighted by atomic mass is 10.0. The highest BCUT2D eigenvalue weighted by Gasteiger charge is 2.16. The Morgan fingerprint density at radius 2 is 1.60 bits per heavy atom. The molecular formula is C17H16O3. The van der Waals surface area contributed by atoms with Crippen molar-refractivity contribution >= 4 is 11.8 Å². The summed E-state index contributed by atoms with van der Waals surface area (Å²) < 4.78 is 5.01. The third kappa shape index (κ3) is 3.79. The summed E-state index contributed by atoms with van der Waals surface area (Å²) in [5.74, 6) is -1.30. The number of carbonyl (C=O) groups excluding carboxylic acids is 2. The van der Waals surface area contributed by atoms with Gasteiger partial charge in [0.05, 0.1) is 0 Å². The smallest absolute Gasteiger partial charge is 0.375 e. The third-order valence-corrected chi connectivity index (χ3v) is 3.05. The van der Waals surface area contributed by atoms with Crippen LogP contribution in [0.5, 0.6) is 0 Å². The normalized spacial score (nSPS) is 10.1. The molecule has 0 aliphatic carbocycles. The van der Waals surface area contributed by atoms with E-state index in [1.807, 2.05) is 61.5 Å². The van der Waals surface area contributed by atoms with E-state index in [0.29, 0.717) is 0 Å². The van der Waals surface area contributed by atoms with E-state index < -0.39 is 11.8 Å². The second-order valence-corrected chi connectivity index (χ2v) is 4.59. The molecule has 0 saturated carbocycles. The van der Waals surface area contributed by atoms with Gasteiger partial charge >= 0.3 is 5.97 Å². The molecule has 20 heavy (non-hydrogen) atoms. The number of hydrogen-bond donors (Lipinski definition) is 0. The Morgan fingerprint density at radius 1 is 0.950 bits per heavy atom. The van der Waals surface area contributed by atoms with Gasteiger partial charge in [-0.15, -0.1) is 0 Å². The highest BCUT2D eigenvalue weighted by Crippen LogP contribution is 2.09. The molecule has 0 heterocycles. The topological polar surface area (TPSA) is 43.4 Å². The van der Waals surface area contributed by atoms with Gasteiger partial charge in [0.25, 0.3) is 0 Å². The Hall–Kier alpha value is -2.42. The Balaban J connectivity index is 1.90. The SMILES string of the molecule is Cc1ccccc1CC(=O)C(=O)OCc1ccccc1. The van der Waals surface area contributed by atoms with Crippen molar-refractivity contribution in [2.24, 2.45) is 0 Å². The third-order valence-electron chi connectivity index (χ3n) is 3.05. The number of ether oxygens (including phenoxy) is 1. The first-order valence-corrected chi connectivity index (χ1v) is 6.45. The first-order chi connectivity index (χ1) is 9.66. The van der Waals surface area contributed by atoms with Gasteiger partial charge in [0, 0.05) is 6.42 Å². The average Bonchev–Trinajstić information content (AvgIpc) is 2.48. The van der Waals surface area contributed by atoms with Crippen LogP contribution in [0.3, 0.4) is 0 Å². The summed E-state index contributed by atoms with van der Waals surface area (Å²) in [6.45, 7) is 2.04. The fourth-order valence-electron chi connectivity index (χ4n) is 1.86. The van der Waals surface area contributed by atoms with E-state index >= 15 is 0 Å². The van der Waals surface area contributed by atoms with E-state index in [1.165, 1.54) is 0 Å². The summed E-state index contributed by atoms with van der Waals surface area (Å²) in [5, 5.41) is 0. The Morgan fingerprint density at radius 3 is 2.30 bits per heavy atom. The first kappa shape index (κ1) is 14.0. The van der Waals surface area contributed by atoms with Gasteiger partial charge in [0.2, 0.25) is 5.78 Å². The van der Waals surface area contributed by atoms with Crippen molar-refractivity contribution < 1.29 is 14.3 Å². The zero-order valence-corrected chi connectivity index (χ0v) is 11.3. The van der Waals surface area contributed by atoms with Crippen LogP contribution in [0.1, 0.15) is 16.7 Å². The van der Waals surface area contributed by atoms with Gasteiger partial charge < -0.3 is 4.74 Å². The zero-order chi connectivity index (χ0) is 14.4. The van der Waals surface area contributed by atoms with Gasteiger partial charge in [0.15, 0.2) is 0 Å². The molecule has 0 aliphatic rings. The van der Waals surface area contributed by atoms with Crippen LogP contribution in [0, 0.1) is 6.92 Å². The second kappa shape index (κ2) is 6.66. The van der Waals surface area contributed by atoms with Crippen LogP contribution in [0.15, 0.2) is 54.6 Å². The van der Waals surface area contributed by atoms with E-state index in [4.69, 9.17) is 4.74 Å². The van der Waals surface area contributed by atoms with Crippen LogP contribution in [-0.4, -0.2) is 11.8 Å². The number of esters is 1. The zero-order valence-electron chi connectivity index (χ0n) is 11.3. The second-order valence-electron chi connectivity index (χ2n) is 4.59. The maximum atomic E-state index is 11.8. The molecule has 0 bridgehead atoms. The number of carbonyl (C=O) groups is 2. The molecule has 3 heteroatoms. The minimum Gasteiger partial charge on any atom is -0.455 e. The van der Waals surface area contributed by atoms with E-state index in [-0.39, 0.29) is 13.0 Å². The average molecular weight is 268 g/mol. The Labute approximate surface area is 118 Å². The fraction of sp³-hybridized carbons (Fsp3) is 0.176. The number of aryl methyl sites for hydroxylation is 1. The lowest BCUT2D eigenvalue weighted by molar-refractivity contribution is -0.154. The lowest BCUT2D eigenvalue weighted by Crippen LogP contribution is -2.19. The predicted molar refractivity (Wildman–Crippen MR) is 76.1 cm³/mol. The summed E-state index contributed by atoms with van der Waals surface area (Å²) in [7, 11) is 0. The lowest BCUT2D eigenvalue weighted by Gasteiger charge is -2.06. The number of benzene rings is 2. The largest absolute Gasteiger partial charge is 0.455 e. The highest BCUT2D eigenvalue weighted by atomic mass is 16.5. The van der Waals surface area contributed by atoms with E-state index in [9.17, 15) is 9.59 Å². The van der Waals surface area contributed by atoms with Gasteiger partial charge in [-0.3, -0.25) is 4.79 Å². The maximum absolute atomic E-state index is 11.8. The van der Waals surface area contributed by atoms with Crippen LogP contribution in [0.25, 0.3) is 0 Å².